The molecule has 1 aromatic heterocycles. The van der Waals surface area contributed by atoms with E-state index in [0.717, 1.165) is 4.47 Å². The van der Waals surface area contributed by atoms with Crippen molar-refractivity contribution in [2.24, 2.45) is 5.10 Å². The van der Waals surface area contributed by atoms with Crippen molar-refractivity contribution in [1.82, 2.24) is 9.66 Å². The predicted octanol–water partition coefficient (Wildman–Crippen LogP) is 6.70. The molecule has 1 heterocycles. The molecule has 9 heteroatoms. The van der Waals surface area contributed by atoms with E-state index < -0.39 is 5.97 Å². The lowest BCUT2D eigenvalue weighted by Gasteiger charge is -2.12. The fourth-order valence-corrected chi connectivity index (χ4v) is 5.13. The SMILES string of the molecule is COc1ccc(-c2nc3ccccc3c(=O)n2N=Cc2cc(Br)cc(Br)c2OC(=O)c2ccccc2)cc1. The highest BCUT2D eigenvalue weighted by molar-refractivity contribution is 9.11. The van der Waals surface area contributed by atoms with Crippen LogP contribution in [0.4, 0.5) is 0 Å². The third-order valence-corrected chi connectivity index (χ3v) is 6.70. The van der Waals surface area contributed by atoms with E-state index in [0.29, 0.717) is 43.6 Å². The Morgan fingerprint density at radius 3 is 2.39 bits per heavy atom. The molecule has 0 saturated heterocycles. The fraction of sp³-hybridized carbons (Fsp3) is 0.0345. The van der Waals surface area contributed by atoms with Crippen molar-refractivity contribution in [2.75, 3.05) is 7.11 Å². The van der Waals surface area contributed by atoms with Crippen LogP contribution in [0.5, 0.6) is 11.5 Å². The molecule has 0 amide bonds. The first-order valence-electron chi connectivity index (χ1n) is 11.4. The molecular formula is C29H19Br2N3O4. The van der Waals surface area contributed by atoms with Crippen molar-refractivity contribution in [3.63, 3.8) is 0 Å². The number of rotatable bonds is 6. The summed E-state index contributed by atoms with van der Waals surface area (Å²) in [6.45, 7) is 0. The summed E-state index contributed by atoms with van der Waals surface area (Å²) in [7, 11) is 1.59. The Labute approximate surface area is 234 Å². The maximum absolute atomic E-state index is 13.5. The van der Waals surface area contributed by atoms with Gasteiger partial charge in [-0.05, 0) is 76.6 Å². The lowest BCUT2D eigenvalue weighted by molar-refractivity contribution is 0.0733. The van der Waals surface area contributed by atoms with Crippen LogP contribution in [-0.2, 0) is 0 Å². The van der Waals surface area contributed by atoms with Crippen molar-refractivity contribution in [3.8, 4) is 22.9 Å². The van der Waals surface area contributed by atoms with Gasteiger partial charge in [-0.25, -0.2) is 9.78 Å². The van der Waals surface area contributed by atoms with E-state index in [-0.39, 0.29) is 11.3 Å². The third kappa shape index (κ3) is 5.29. The van der Waals surface area contributed by atoms with Crippen LogP contribution in [-0.4, -0.2) is 29.0 Å². The summed E-state index contributed by atoms with van der Waals surface area (Å²) in [5.74, 6) is 0.769. The second-order valence-electron chi connectivity index (χ2n) is 8.10. The molecule has 0 radical (unpaired) electrons. The summed E-state index contributed by atoms with van der Waals surface area (Å²) in [5.41, 5.74) is 1.77. The predicted molar refractivity (Wildman–Crippen MR) is 154 cm³/mol. The Morgan fingerprint density at radius 2 is 1.66 bits per heavy atom. The summed E-state index contributed by atoms with van der Waals surface area (Å²) in [6.07, 6.45) is 1.47. The normalized spacial score (nSPS) is 11.1. The van der Waals surface area contributed by atoms with Crippen molar-refractivity contribution >= 4 is 54.9 Å². The molecule has 0 aliphatic rings. The lowest BCUT2D eigenvalue weighted by Crippen LogP contribution is -2.20. The van der Waals surface area contributed by atoms with E-state index >= 15 is 0 Å². The summed E-state index contributed by atoms with van der Waals surface area (Å²) < 4.78 is 13.5. The Balaban J connectivity index is 1.63. The summed E-state index contributed by atoms with van der Waals surface area (Å²) >= 11 is 6.95. The zero-order chi connectivity index (χ0) is 26.6. The number of nitrogens with zero attached hydrogens (tertiary/aromatic N) is 3. The minimum Gasteiger partial charge on any atom is -0.497 e. The molecule has 0 saturated carbocycles. The van der Waals surface area contributed by atoms with Crippen LogP contribution in [0.2, 0.25) is 0 Å². The molecular weight excluding hydrogens is 614 g/mol. The van der Waals surface area contributed by atoms with Gasteiger partial charge in [-0.3, -0.25) is 4.79 Å². The number of methoxy groups -OCH3 is 1. The van der Waals surface area contributed by atoms with E-state index in [1.165, 1.54) is 10.9 Å². The lowest BCUT2D eigenvalue weighted by atomic mass is 10.2. The third-order valence-electron chi connectivity index (χ3n) is 5.66. The van der Waals surface area contributed by atoms with Gasteiger partial charge in [-0.15, -0.1) is 0 Å². The maximum atomic E-state index is 13.5. The number of benzene rings is 4. The van der Waals surface area contributed by atoms with Gasteiger partial charge in [0.05, 0.1) is 34.3 Å². The molecule has 0 unspecified atom stereocenters. The van der Waals surface area contributed by atoms with Crippen molar-refractivity contribution in [3.05, 3.63) is 121 Å². The molecule has 4 aromatic carbocycles. The van der Waals surface area contributed by atoms with Crippen LogP contribution in [0.25, 0.3) is 22.3 Å². The Kier molecular flexibility index (Phi) is 7.48. The quantitative estimate of drug-likeness (QED) is 0.118. The molecule has 0 bridgehead atoms. The molecule has 5 aromatic rings. The first-order chi connectivity index (χ1) is 18.4. The van der Waals surface area contributed by atoms with Gasteiger partial charge in [-0.1, -0.05) is 46.3 Å². The maximum Gasteiger partial charge on any atom is 0.343 e. The minimum absolute atomic E-state index is 0.263. The van der Waals surface area contributed by atoms with Gasteiger partial charge in [-0.2, -0.15) is 9.78 Å². The monoisotopic (exact) mass is 631 g/mol. The van der Waals surface area contributed by atoms with Crippen LogP contribution in [0.1, 0.15) is 15.9 Å². The zero-order valence-corrected chi connectivity index (χ0v) is 23.1. The number of hydrogen-bond donors (Lipinski definition) is 0. The first kappa shape index (κ1) is 25.6. The van der Waals surface area contributed by atoms with E-state index in [1.807, 2.05) is 24.3 Å². The highest BCUT2D eigenvalue weighted by Gasteiger charge is 2.17. The standard InChI is InChI=1S/C29H19Br2N3O4/c1-37-22-13-11-18(12-14-22)27-33-25-10-6-5-9-23(25)28(35)34(27)32-17-20-15-21(30)16-24(31)26(20)38-29(36)19-7-3-2-4-8-19/h2-17H,1H3. The smallest absolute Gasteiger partial charge is 0.343 e. The van der Waals surface area contributed by atoms with E-state index in [1.54, 1.807) is 73.8 Å². The largest absolute Gasteiger partial charge is 0.497 e. The topological polar surface area (TPSA) is 82.8 Å². The number of hydrogen-bond acceptors (Lipinski definition) is 6. The molecule has 0 atom stereocenters. The van der Waals surface area contributed by atoms with Crippen molar-refractivity contribution < 1.29 is 14.3 Å². The molecule has 5 rings (SSSR count). The van der Waals surface area contributed by atoms with Crippen LogP contribution < -0.4 is 15.0 Å². The highest BCUT2D eigenvalue weighted by Crippen LogP contribution is 2.33. The van der Waals surface area contributed by atoms with E-state index in [9.17, 15) is 9.59 Å². The van der Waals surface area contributed by atoms with Gasteiger partial charge in [0.1, 0.15) is 5.75 Å². The molecule has 0 N–H and O–H groups in total. The Hall–Kier alpha value is -4.08. The number of carbonyl (C=O) groups excluding carboxylic acids is 1. The molecule has 0 spiro atoms. The second kappa shape index (κ2) is 11.1. The fourth-order valence-electron chi connectivity index (χ4n) is 3.79. The van der Waals surface area contributed by atoms with Gasteiger partial charge in [0.2, 0.25) is 0 Å². The summed E-state index contributed by atoms with van der Waals surface area (Å²) in [6, 6.07) is 26.5. The van der Waals surface area contributed by atoms with E-state index in [4.69, 9.17) is 14.5 Å². The van der Waals surface area contributed by atoms with E-state index in [2.05, 4.69) is 37.0 Å². The number of halogens is 2. The van der Waals surface area contributed by atoms with Gasteiger partial charge in [0.25, 0.3) is 5.56 Å². The molecule has 7 nitrogen and oxygen atoms in total. The summed E-state index contributed by atoms with van der Waals surface area (Å²) in [4.78, 5) is 31.0. The Morgan fingerprint density at radius 1 is 0.947 bits per heavy atom. The van der Waals surface area contributed by atoms with Crippen molar-refractivity contribution in [1.29, 1.82) is 0 Å². The number of carbonyl (C=O) groups is 1. The highest BCUT2D eigenvalue weighted by atomic mass is 79.9. The van der Waals surface area contributed by atoms with Crippen LogP contribution in [0, 0.1) is 0 Å². The number of fused-ring (bicyclic) bond motifs is 1. The molecule has 0 fully saturated rings. The first-order valence-corrected chi connectivity index (χ1v) is 13.0. The number of para-hydroxylation sites is 1. The van der Waals surface area contributed by atoms with Gasteiger partial charge in [0, 0.05) is 15.6 Å². The van der Waals surface area contributed by atoms with Crippen LogP contribution in [0.15, 0.2) is 110 Å². The van der Waals surface area contributed by atoms with Gasteiger partial charge < -0.3 is 9.47 Å². The molecule has 188 valence electrons. The number of esters is 1. The van der Waals surface area contributed by atoms with Crippen molar-refractivity contribution in [2.45, 2.75) is 0 Å². The second-order valence-corrected chi connectivity index (χ2v) is 9.87. The Bertz CT molecular complexity index is 1730. The summed E-state index contributed by atoms with van der Waals surface area (Å²) in [5, 5.41) is 4.94. The number of aromatic nitrogens is 2. The van der Waals surface area contributed by atoms with Gasteiger partial charge >= 0.3 is 5.97 Å². The molecule has 0 aliphatic carbocycles. The number of ether oxygens (including phenoxy) is 2. The van der Waals surface area contributed by atoms with Gasteiger partial charge in [0.15, 0.2) is 11.6 Å². The average Bonchev–Trinajstić information content (AvgIpc) is 2.94. The average molecular weight is 633 g/mol. The molecule has 38 heavy (non-hydrogen) atoms. The zero-order valence-electron chi connectivity index (χ0n) is 20.0. The van der Waals surface area contributed by atoms with Crippen LogP contribution >= 0.6 is 31.9 Å². The van der Waals surface area contributed by atoms with Crippen LogP contribution in [0.3, 0.4) is 0 Å². The molecule has 0 aliphatic heterocycles. The minimum atomic E-state index is -0.522.